The molecule has 0 radical (unpaired) electrons. The molecule has 1 aliphatic rings. The molecule has 1 aromatic rings. The third kappa shape index (κ3) is 2.13. The van der Waals surface area contributed by atoms with E-state index in [1.807, 2.05) is 0 Å². The normalized spacial score (nSPS) is 15.5. The molecule has 0 aliphatic heterocycles. The zero-order chi connectivity index (χ0) is 9.97. The SMILES string of the molecule is CCCNc1cc(N)nc(C2CC2)n1. The lowest BCUT2D eigenvalue weighted by molar-refractivity contribution is 0.912. The largest absolute Gasteiger partial charge is 0.384 e. The second kappa shape index (κ2) is 3.82. The zero-order valence-corrected chi connectivity index (χ0v) is 8.45. The van der Waals surface area contributed by atoms with Crippen molar-refractivity contribution in [1.82, 2.24) is 9.97 Å². The Morgan fingerprint density at radius 1 is 1.50 bits per heavy atom. The summed E-state index contributed by atoms with van der Waals surface area (Å²) in [7, 11) is 0. The van der Waals surface area contributed by atoms with Crippen LogP contribution in [-0.2, 0) is 0 Å². The molecule has 1 aromatic heterocycles. The highest BCUT2D eigenvalue weighted by atomic mass is 15.1. The van der Waals surface area contributed by atoms with Crippen LogP contribution in [0.2, 0.25) is 0 Å². The van der Waals surface area contributed by atoms with Crippen molar-refractivity contribution >= 4 is 11.6 Å². The van der Waals surface area contributed by atoms with E-state index in [9.17, 15) is 0 Å². The summed E-state index contributed by atoms with van der Waals surface area (Å²) in [6.07, 6.45) is 3.50. The van der Waals surface area contributed by atoms with Gasteiger partial charge in [-0.3, -0.25) is 0 Å². The highest BCUT2D eigenvalue weighted by Gasteiger charge is 2.27. The van der Waals surface area contributed by atoms with E-state index >= 15 is 0 Å². The van der Waals surface area contributed by atoms with Crippen LogP contribution < -0.4 is 11.1 Å². The number of nitrogen functional groups attached to an aromatic ring is 1. The van der Waals surface area contributed by atoms with Crippen LogP contribution in [0.25, 0.3) is 0 Å². The number of anilines is 2. The molecular weight excluding hydrogens is 176 g/mol. The Morgan fingerprint density at radius 2 is 2.29 bits per heavy atom. The van der Waals surface area contributed by atoms with Crippen LogP contribution in [0, 0.1) is 0 Å². The monoisotopic (exact) mass is 192 g/mol. The minimum absolute atomic E-state index is 0.556. The first-order valence-electron chi connectivity index (χ1n) is 5.18. The molecule has 0 unspecified atom stereocenters. The molecule has 0 atom stereocenters. The van der Waals surface area contributed by atoms with Crippen molar-refractivity contribution in [3.05, 3.63) is 11.9 Å². The molecule has 2 rings (SSSR count). The van der Waals surface area contributed by atoms with Crippen molar-refractivity contribution in [2.45, 2.75) is 32.1 Å². The number of hydrogen-bond donors (Lipinski definition) is 2. The molecule has 3 N–H and O–H groups in total. The van der Waals surface area contributed by atoms with Gasteiger partial charge in [-0.25, -0.2) is 9.97 Å². The molecule has 4 heteroatoms. The molecule has 0 aromatic carbocycles. The van der Waals surface area contributed by atoms with Crippen molar-refractivity contribution in [3.63, 3.8) is 0 Å². The number of aromatic nitrogens is 2. The highest BCUT2D eigenvalue weighted by molar-refractivity contribution is 5.45. The number of hydrogen-bond acceptors (Lipinski definition) is 4. The lowest BCUT2D eigenvalue weighted by Gasteiger charge is -2.06. The third-order valence-corrected chi connectivity index (χ3v) is 2.26. The van der Waals surface area contributed by atoms with Crippen molar-refractivity contribution in [2.24, 2.45) is 0 Å². The molecule has 1 saturated carbocycles. The molecule has 0 spiro atoms. The fourth-order valence-electron chi connectivity index (χ4n) is 1.35. The zero-order valence-electron chi connectivity index (χ0n) is 8.45. The summed E-state index contributed by atoms with van der Waals surface area (Å²) in [6.45, 7) is 3.06. The van der Waals surface area contributed by atoms with Gasteiger partial charge in [-0.1, -0.05) is 6.92 Å². The fraction of sp³-hybridized carbons (Fsp3) is 0.600. The van der Waals surface area contributed by atoms with Crippen LogP contribution in [0.5, 0.6) is 0 Å². The summed E-state index contributed by atoms with van der Waals surface area (Å²) in [5.41, 5.74) is 5.71. The third-order valence-electron chi connectivity index (χ3n) is 2.26. The molecule has 0 amide bonds. The van der Waals surface area contributed by atoms with Crippen molar-refractivity contribution in [3.8, 4) is 0 Å². The topological polar surface area (TPSA) is 63.8 Å². The molecule has 4 nitrogen and oxygen atoms in total. The van der Waals surface area contributed by atoms with Crippen molar-refractivity contribution < 1.29 is 0 Å². The van der Waals surface area contributed by atoms with Gasteiger partial charge in [0.05, 0.1) is 0 Å². The van der Waals surface area contributed by atoms with Crippen LogP contribution in [0.15, 0.2) is 6.07 Å². The van der Waals surface area contributed by atoms with E-state index in [4.69, 9.17) is 5.73 Å². The predicted molar refractivity (Wildman–Crippen MR) is 57.2 cm³/mol. The molecule has 0 bridgehead atoms. The second-order valence-electron chi connectivity index (χ2n) is 3.74. The average molecular weight is 192 g/mol. The van der Waals surface area contributed by atoms with Crippen LogP contribution in [0.4, 0.5) is 11.6 Å². The van der Waals surface area contributed by atoms with Gasteiger partial charge >= 0.3 is 0 Å². The van der Waals surface area contributed by atoms with E-state index in [0.717, 1.165) is 24.6 Å². The van der Waals surface area contributed by atoms with E-state index in [0.29, 0.717) is 11.7 Å². The van der Waals surface area contributed by atoms with Gasteiger partial charge in [0, 0.05) is 18.5 Å². The van der Waals surface area contributed by atoms with Gasteiger partial charge < -0.3 is 11.1 Å². The summed E-state index contributed by atoms with van der Waals surface area (Å²) in [4.78, 5) is 8.66. The Morgan fingerprint density at radius 3 is 2.93 bits per heavy atom. The summed E-state index contributed by atoms with van der Waals surface area (Å²) < 4.78 is 0. The molecule has 0 saturated heterocycles. The van der Waals surface area contributed by atoms with Crippen molar-refractivity contribution in [1.29, 1.82) is 0 Å². The Balaban J connectivity index is 2.13. The van der Waals surface area contributed by atoms with Gasteiger partial charge in [0.25, 0.3) is 0 Å². The quantitative estimate of drug-likeness (QED) is 0.763. The van der Waals surface area contributed by atoms with Gasteiger partial charge in [-0.05, 0) is 19.3 Å². The lowest BCUT2D eigenvalue weighted by Crippen LogP contribution is -2.06. The van der Waals surface area contributed by atoms with Gasteiger partial charge in [0.1, 0.15) is 17.5 Å². The predicted octanol–water partition coefficient (Wildman–Crippen LogP) is 1.76. The van der Waals surface area contributed by atoms with Crippen LogP contribution >= 0.6 is 0 Å². The number of nitrogens with one attached hydrogen (secondary N) is 1. The Bertz CT molecular complexity index is 320. The molecule has 1 aliphatic carbocycles. The van der Waals surface area contributed by atoms with E-state index < -0.39 is 0 Å². The summed E-state index contributed by atoms with van der Waals surface area (Å²) >= 11 is 0. The van der Waals surface area contributed by atoms with E-state index in [1.54, 1.807) is 6.07 Å². The molecule has 1 fully saturated rings. The Kier molecular flexibility index (Phi) is 2.52. The first-order valence-corrected chi connectivity index (χ1v) is 5.18. The number of rotatable bonds is 4. The van der Waals surface area contributed by atoms with E-state index in [-0.39, 0.29) is 0 Å². The van der Waals surface area contributed by atoms with Gasteiger partial charge in [0.15, 0.2) is 0 Å². The second-order valence-corrected chi connectivity index (χ2v) is 3.74. The standard InChI is InChI=1S/C10H16N4/c1-2-5-12-9-6-8(11)13-10(14-9)7-3-4-7/h6-7H,2-5H2,1H3,(H3,11,12,13,14). The van der Waals surface area contributed by atoms with Gasteiger partial charge in [-0.2, -0.15) is 0 Å². The maximum absolute atomic E-state index is 5.71. The first kappa shape index (κ1) is 9.24. The van der Waals surface area contributed by atoms with Crippen LogP contribution in [0.3, 0.4) is 0 Å². The van der Waals surface area contributed by atoms with Gasteiger partial charge in [0.2, 0.25) is 0 Å². The summed E-state index contributed by atoms with van der Waals surface area (Å²) in [5.74, 6) is 2.89. The highest BCUT2D eigenvalue weighted by Crippen LogP contribution is 2.38. The molecule has 76 valence electrons. The van der Waals surface area contributed by atoms with Crippen molar-refractivity contribution in [2.75, 3.05) is 17.6 Å². The minimum Gasteiger partial charge on any atom is -0.384 e. The maximum atomic E-state index is 5.71. The molecular formula is C10H16N4. The Hall–Kier alpha value is -1.32. The maximum Gasteiger partial charge on any atom is 0.136 e. The fourth-order valence-corrected chi connectivity index (χ4v) is 1.35. The molecule has 14 heavy (non-hydrogen) atoms. The number of nitrogens with two attached hydrogens (primary N) is 1. The Labute approximate surface area is 83.9 Å². The first-order chi connectivity index (χ1) is 6.79. The summed E-state index contributed by atoms with van der Waals surface area (Å²) in [6, 6.07) is 1.79. The average Bonchev–Trinajstić information content (AvgIpc) is 2.97. The van der Waals surface area contributed by atoms with Crippen LogP contribution in [-0.4, -0.2) is 16.5 Å². The van der Waals surface area contributed by atoms with E-state index in [1.165, 1.54) is 12.8 Å². The number of nitrogens with zero attached hydrogens (tertiary/aromatic N) is 2. The van der Waals surface area contributed by atoms with Gasteiger partial charge in [-0.15, -0.1) is 0 Å². The van der Waals surface area contributed by atoms with E-state index in [2.05, 4.69) is 22.2 Å². The lowest BCUT2D eigenvalue weighted by atomic mass is 10.3. The minimum atomic E-state index is 0.556. The molecule has 1 heterocycles. The smallest absolute Gasteiger partial charge is 0.136 e. The summed E-state index contributed by atoms with van der Waals surface area (Å²) in [5, 5.41) is 3.23. The van der Waals surface area contributed by atoms with Crippen LogP contribution in [0.1, 0.15) is 37.9 Å².